The van der Waals surface area contributed by atoms with Gasteiger partial charge in [-0.3, -0.25) is 19.7 Å². The molecule has 3 aromatic rings. The molecule has 158 valence electrons. The quantitative estimate of drug-likeness (QED) is 0.339. The number of nitro benzene ring substituents is 1. The number of carbonyl (C=O) groups excluding carboxylic acids is 2. The summed E-state index contributed by atoms with van der Waals surface area (Å²) in [4.78, 5) is 35.7. The molecule has 0 aliphatic heterocycles. The Kier molecular flexibility index (Phi) is 6.61. The standard InChI is InChI=1S/C23H21N3O5/c1-15(2)24-23(28)20(25-22(27)16-7-4-3-5-8-16)14-19-11-12-21(31-19)17-9-6-10-18(13-17)26(29)30/h3-15H,1-2H3,(H,24,28)(H,25,27)/b20-14+. The Morgan fingerprint density at radius 2 is 1.77 bits per heavy atom. The molecule has 0 aliphatic rings. The Labute approximate surface area is 178 Å². The van der Waals surface area contributed by atoms with Crippen molar-refractivity contribution in [3.05, 3.63) is 93.9 Å². The molecule has 0 saturated carbocycles. The number of amides is 2. The molecule has 0 fully saturated rings. The first-order chi connectivity index (χ1) is 14.8. The number of hydrogen-bond acceptors (Lipinski definition) is 5. The molecule has 2 amide bonds. The fourth-order valence-electron chi connectivity index (χ4n) is 2.78. The Hall–Kier alpha value is -4.20. The minimum absolute atomic E-state index is 0.0162. The second kappa shape index (κ2) is 9.53. The van der Waals surface area contributed by atoms with E-state index < -0.39 is 16.7 Å². The van der Waals surface area contributed by atoms with Crippen LogP contribution in [-0.2, 0) is 4.79 Å². The molecule has 0 saturated heterocycles. The summed E-state index contributed by atoms with van der Waals surface area (Å²) in [5.74, 6) is -0.194. The minimum Gasteiger partial charge on any atom is -0.457 e. The van der Waals surface area contributed by atoms with Gasteiger partial charge in [0.25, 0.3) is 17.5 Å². The average molecular weight is 419 g/mol. The highest BCUT2D eigenvalue weighted by Gasteiger charge is 2.17. The van der Waals surface area contributed by atoms with E-state index in [9.17, 15) is 19.7 Å². The summed E-state index contributed by atoms with van der Waals surface area (Å²) in [5, 5.41) is 16.4. The van der Waals surface area contributed by atoms with Gasteiger partial charge < -0.3 is 15.1 Å². The van der Waals surface area contributed by atoms with E-state index in [1.807, 2.05) is 13.8 Å². The third kappa shape index (κ3) is 5.66. The Morgan fingerprint density at radius 1 is 1.03 bits per heavy atom. The summed E-state index contributed by atoms with van der Waals surface area (Å²) in [6.07, 6.45) is 1.42. The summed E-state index contributed by atoms with van der Waals surface area (Å²) < 4.78 is 5.75. The lowest BCUT2D eigenvalue weighted by Crippen LogP contribution is -2.38. The van der Waals surface area contributed by atoms with E-state index in [4.69, 9.17) is 4.42 Å². The van der Waals surface area contributed by atoms with Crippen molar-refractivity contribution in [2.45, 2.75) is 19.9 Å². The summed E-state index contributed by atoms with van der Waals surface area (Å²) in [6.45, 7) is 3.61. The number of non-ortho nitro benzene ring substituents is 1. The normalized spacial score (nSPS) is 11.3. The zero-order valence-corrected chi connectivity index (χ0v) is 17.0. The van der Waals surface area contributed by atoms with Crippen molar-refractivity contribution in [2.75, 3.05) is 0 Å². The fraction of sp³-hybridized carbons (Fsp3) is 0.130. The molecule has 0 atom stereocenters. The van der Waals surface area contributed by atoms with Crippen LogP contribution in [0.25, 0.3) is 17.4 Å². The van der Waals surface area contributed by atoms with E-state index in [0.29, 0.717) is 22.6 Å². The Morgan fingerprint density at radius 3 is 2.45 bits per heavy atom. The van der Waals surface area contributed by atoms with Gasteiger partial charge in [-0.25, -0.2) is 0 Å². The summed E-state index contributed by atoms with van der Waals surface area (Å²) in [6, 6.07) is 17.7. The molecule has 0 spiro atoms. The highest BCUT2D eigenvalue weighted by molar-refractivity contribution is 6.05. The van der Waals surface area contributed by atoms with Gasteiger partial charge in [-0.1, -0.05) is 30.3 Å². The van der Waals surface area contributed by atoms with E-state index in [-0.39, 0.29) is 17.4 Å². The van der Waals surface area contributed by atoms with Gasteiger partial charge in [0, 0.05) is 35.4 Å². The van der Waals surface area contributed by atoms with Crippen molar-refractivity contribution < 1.29 is 18.9 Å². The number of furan rings is 1. The first kappa shape index (κ1) is 21.5. The van der Waals surface area contributed by atoms with Gasteiger partial charge >= 0.3 is 0 Å². The van der Waals surface area contributed by atoms with E-state index >= 15 is 0 Å². The second-order valence-corrected chi connectivity index (χ2v) is 7.02. The predicted octanol–water partition coefficient (Wildman–Crippen LogP) is 4.15. The van der Waals surface area contributed by atoms with Crippen molar-refractivity contribution in [1.29, 1.82) is 0 Å². The van der Waals surface area contributed by atoms with Gasteiger partial charge in [-0.2, -0.15) is 0 Å². The highest BCUT2D eigenvalue weighted by Crippen LogP contribution is 2.26. The molecule has 0 unspecified atom stereocenters. The number of benzene rings is 2. The largest absolute Gasteiger partial charge is 0.457 e. The second-order valence-electron chi connectivity index (χ2n) is 7.02. The molecule has 0 bridgehead atoms. The monoisotopic (exact) mass is 419 g/mol. The van der Waals surface area contributed by atoms with Crippen LogP contribution in [0.4, 0.5) is 5.69 Å². The zero-order chi connectivity index (χ0) is 22.4. The van der Waals surface area contributed by atoms with Crippen molar-refractivity contribution in [2.24, 2.45) is 0 Å². The minimum atomic E-state index is -0.485. The molecule has 8 nitrogen and oxygen atoms in total. The number of nitro groups is 1. The smallest absolute Gasteiger partial charge is 0.270 e. The number of carbonyl (C=O) groups is 2. The topological polar surface area (TPSA) is 114 Å². The van der Waals surface area contributed by atoms with Crippen LogP contribution in [0.1, 0.15) is 30.0 Å². The first-order valence-corrected chi connectivity index (χ1v) is 9.57. The van der Waals surface area contributed by atoms with Crippen LogP contribution in [0, 0.1) is 10.1 Å². The number of nitrogens with one attached hydrogen (secondary N) is 2. The molecule has 2 aromatic carbocycles. The van der Waals surface area contributed by atoms with Crippen molar-refractivity contribution in [1.82, 2.24) is 10.6 Å². The van der Waals surface area contributed by atoms with Gasteiger partial charge in [-0.15, -0.1) is 0 Å². The maximum atomic E-state index is 12.6. The van der Waals surface area contributed by atoms with Crippen molar-refractivity contribution in [3.8, 4) is 11.3 Å². The van der Waals surface area contributed by atoms with Gasteiger partial charge in [-0.05, 0) is 38.1 Å². The number of nitrogens with zero attached hydrogens (tertiary/aromatic N) is 1. The fourth-order valence-corrected chi connectivity index (χ4v) is 2.78. The van der Waals surface area contributed by atoms with Gasteiger partial charge in [0.15, 0.2) is 0 Å². The SMILES string of the molecule is CC(C)NC(=O)/C(=C\c1ccc(-c2cccc([N+](=O)[O-])c2)o1)NC(=O)c1ccccc1. The van der Waals surface area contributed by atoms with Crippen LogP contribution in [0.2, 0.25) is 0 Å². The van der Waals surface area contributed by atoms with Crippen LogP contribution < -0.4 is 10.6 Å². The Balaban J connectivity index is 1.89. The number of rotatable bonds is 7. The average Bonchev–Trinajstić information content (AvgIpc) is 3.22. The number of hydrogen-bond donors (Lipinski definition) is 2. The third-order valence-electron chi connectivity index (χ3n) is 4.20. The molecular formula is C23H21N3O5. The maximum absolute atomic E-state index is 12.6. The van der Waals surface area contributed by atoms with Gasteiger partial charge in [0.2, 0.25) is 0 Å². The van der Waals surface area contributed by atoms with Crippen LogP contribution in [0.5, 0.6) is 0 Å². The molecule has 31 heavy (non-hydrogen) atoms. The lowest BCUT2D eigenvalue weighted by atomic mass is 10.1. The van der Waals surface area contributed by atoms with Gasteiger partial charge in [0.05, 0.1) is 4.92 Å². The van der Waals surface area contributed by atoms with Crippen LogP contribution in [-0.4, -0.2) is 22.8 Å². The Bertz CT molecular complexity index is 1130. The van der Waals surface area contributed by atoms with Crippen LogP contribution in [0.3, 0.4) is 0 Å². The molecule has 0 radical (unpaired) electrons. The van der Waals surface area contributed by atoms with E-state index in [0.717, 1.165) is 0 Å². The van der Waals surface area contributed by atoms with Crippen LogP contribution in [0.15, 0.2) is 76.8 Å². The molecule has 1 heterocycles. The molecule has 8 heteroatoms. The van der Waals surface area contributed by atoms with Crippen molar-refractivity contribution >= 4 is 23.6 Å². The summed E-state index contributed by atoms with van der Waals surface area (Å²) in [5.41, 5.74) is 0.887. The highest BCUT2D eigenvalue weighted by atomic mass is 16.6. The van der Waals surface area contributed by atoms with Crippen LogP contribution >= 0.6 is 0 Å². The maximum Gasteiger partial charge on any atom is 0.270 e. The first-order valence-electron chi connectivity index (χ1n) is 9.57. The molecular weight excluding hydrogens is 398 g/mol. The predicted molar refractivity (Wildman–Crippen MR) is 116 cm³/mol. The molecule has 0 aliphatic carbocycles. The van der Waals surface area contributed by atoms with Gasteiger partial charge in [0.1, 0.15) is 17.2 Å². The molecule has 2 N–H and O–H groups in total. The van der Waals surface area contributed by atoms with E-state index in [1.165, 1.54) is 18.2 Å². The van der Waals surface area contributed by atoms with E-state index in [1.54, 1.807) is 54.6 Å². The molecule has 3 rings (SSSR count). The van der Waals surface area contributed by atoms with E-state index in [2.05, 4.69) is 10.6 Å². The van der Waals surface area contributed by atoms with Crippen molar-refractivity contribution in [3.63, 3.8) is 0 Å². The lowest BCUT2D eigenvalue weighted by Gasteiger charge is -2.12. The lowest BCUT2D eigenvalue weighted by molar-refractivity contribution is -0.384. The third-order valence-corrected chi connectivity index (χ3v) is 4.20. The summed E-state index contributed by atoms with van der Waals surface area (Å²) >= 11 is 0. The summed E-state index contributed by atoms with van der Waals surface area (Å²) in [7, 11) is 0. The molecule has 1 aromatic heterocycles. The zero-order valence-electron chi connectivity index (χ0n) is 17.0.